The summed E-state index contributed by atoms with van der Waals surface area (Å²) in [6, 6.07) is 14.5. The summed E-state index contributed by atoms with van der Waals surface area (Å²) in [6.45, 7) is 7.69. The number of carbonyl (C=O) groups is 4. The van der Waals surface area contributed by atoms with Crippen LogP contribution in [0.15, 0.2) is 79.9 Å². The molecular weight excluding hydrogens is 622 g/mol. The smallest absolute Gasteiger partial charge is 0.306 e. The van der Waals surface area contributed by atoms with Gasteiger partial charge in [0.25, 0.3) is 5.91 Å². The number of carbonyl (C=O) groups excluding carboxylic acids is 4. The van der Waals surface area contributed by atoms with Gasteiger partial charge in [0.15, 0.2) is 0 Å². The number of allylic oxidation sites excluding steroid dienone is 1. The van der Waals surface area contributed by atoms with Gasteiger partial charge in [-0.2, -0.15) is 0 Å². The van der Waals surface area contributed by atoms with Crippen molar-refractivity contribution in [3.05, 3.63) is 90.5 Å². The highest BCUT2D eigenvalue weighted by molar-refractivity contribution is 6.34. The third-order valence-electron chi connectivity index (χ3n) is 9.35. The molecule has 0 aromatic heterocycles. The maximum Gasteiger partial charge on any atom is 0.306 e. The number of unbranched alkanes of at least 4 members (excludes halogenated alkanes) is 1. The molecule has 1 spiro atoms. The molecule has 47 heavy (non-hydrogen) atoms. The van der Waals surface area contributed by atoms with E-state index in [1.807, 2.05) is 30.3 Å². The van der Waals surface area contributed by atoms with E-state index < -0.39 is 47.5 Å². The predicted molar refractivity (Wildman–Crippen MR) is 177 cm³/mol. The summed E-state index contributed by atoms with van der Waals surface area (Å²) in [4.78, 5) is 58.5. The Morgan fingerprint density at radius 3 is 2.57 bits per heavy atom. The van der Waals surface area contributed by atoms with Crippen LogP contribution >= 0.6 is 11.6 Å². The average molecular weight is 664 g/mol. The number of ether oxygens (including phenoxy) is 2. The van der Waals surface area contributed by atoms with Gasteiger partial charge in [-0.25, -0.2) is 0 Å². The van der Waals surface area contributed by atoms with Crippen LogP contribution < -0.4 is 10.2 Å². The van der Waals surface area contributed by atoms with E-state index in [4.69, 9.17) is 21.1 Å². The molecule has 11 heteroatoms. The van der Waals surface area contributed by atoms with E-state index in [-0.39, 0.29) is 44.5 Å². The van der Waals surface area contributed by atoms with Crippen molar-refractivity contribution in [1.82, 2.24) is 10.2 Å². The van der Waals surface area contributed by atoms with Gasteiger partial charge in [0, 0.05) is 26.1 Å². The van der Waals surface area contributed by atoms with Crippen LogP contribution in [0.1, 0.15) is 50.1 Å². The molecule has 0 aliphatic carbocycles. The number of amides is 3. The molecule has 3 fully saturated rings. The summed E-state index contributed by atoms with van der Waals surface area (Å²) in [5.74, 6) is -3.25. The zero-order chi connectivity index (χ0) is 33.6. The first-order valence-electron chi connectivity index (χ1n) is 16.1. The van der Waals surface area contributed by atoms with Crippen LogP contribution in [0.5, 0.6) is 0 Å². The molecule has 0 radical (unpaired) electrons. The fraction of sp³-hybridized carbons (Fsp3) is 0.444. The first-order chi connectivity index (χ1) is 22.8. The Hall–Kier alpha value is -3.99. The number of fused-ring (bicyclic) bond motifs is 1. The zero-order valence-corrected chi connectivity index (χ0v) is 27.1. The van der Waals surface area contributed by atoms with Gasteiger partial charge in [-0.3, -0.25) is 19.2 Å². The van der Waals surface area contributed by atoms with Crippen molar-refractivity contribution < 1.29 is 33.8 Å². The Morgan fingerprint density at radius 1 is 1.13 bits per heavy atom. The van der Waals surface area contributed by atoms with Crippen LogP contribution in [0.25, 0.3) is 0 Å². The molecule has 2 aromatic rings. The molecule has 250 valence electrons. The fourth-order valence-electron chi connectivity index (χ4n) is 7.26. The third kappa shape index (κ3) is 6.86. The first-order valence-corrected chi connectivity index (χ1v) is 16.5. The van der Waals surface area contributed by atoms with Crippen molar-refractivity contribution in [1.29, 1.82) is 0 Å². The van der Waals surface area contributed by atoms with Crippen LogP contribution in [-0.2, 0) is 28.7 Å². The van der Waals surface area contributed by atoms with Crippen molar-refractivity contribution in [2.75, 3.05) is 31.2 Å². The highest BCUT2D eigenvalue weighted by atomic mass is 35.5. The van der Waals surface area contributed by atoms with Gasteiger partial charge in [0.1, 0.15) is 18.2 Å². The highest BCUT2D eigenvalue weighted by Crippen LogP contribution is 2.59. The van der Waals surface area contributed by atoms with Crippen LogP contribution in [0.2, 0.25) is 5.02 Å². The van der Waals surface area contributed by atoms with E-state index in [0.717, 1.165) is 5.56 Å². The topological polar surface area (TPSA) is 125 Å². The Kier molecular flexibility index (Phi) is 11.2. The van der Waals surface area contributed by atoms with Crippen LogP contribution in [0.4, 0.5) is 5.69 Å². The van der Waals surface area contributed by atoms with Gasteiger partial charge in [0.2, 0.25) is 11.8 Å². The van der Waals surface area contributed by atoms with Crippen molar-refractivity contribution in [3.8, 4) is 0 Å². The maximum atomic E-state index is 14.6. The number of benzene rings is 2. The maximum absolute atomic E-state index is 14.6. The number of aliphatic hydroxyl groups is 1. The van der Waals surface area contributed by atoms with Gasteiger partial charge < -0.3 is 29.7 Å². The van der Waals surface area contributed by atoms with Gasteiger partial charge in [0.05, 0.1) is 34.7 Å². The zero-order valence-electron chi connectivity index (χ0n) is 26.4. The number of rotatable bonds is 16. The van der Waals surface area contributed by atoms with E-state index in [1.54, 1.807) is 36.4 Å². The minimum atomic E-state index is -1.22. The summed E-state index contributed by atoms with van der Waals surface area (Å²) in [5, 5.41) is 12.9. The van der Waals surface area contributed by atoms with E-state index in [2.05, 4.69) is 18.5 Å². The van der Waals surface area contributed by atoms with E-state index in [1.165, 1.54) is 9.80 Å². The summed E-state index contributed by atoms with van der Waals surface area (Å²) in [6.07, 6.45) is 5.15. The van der Waals surface area contributed by atoms with Gasteiger partial charge in [-0.15, -0.1) is 13.2 Å². The molecule has 2 bridgehead atoms. The van der Waals surface area contributed by atoms with Crippen molar-refractivity contribution >= 4 is 41.0 Å². The molecule has 3 aliphatic heterocycles. The van der Waals surface area contributed by atoms with Crippen LogP contribution in [0.3, 0.4) is 0 Å². The molecule has 0 saturated carbocycles. The molecule has 6 atom stereocenters. The molecule has 3 amide bonds. The van der Waals surface area contributed by atoms with Crippen LogP contribution in [-0.4, -0.2) is 77.7 Å². The number of nitrogens with one attached hydrogen (secondary N) is 1. The minimum absolute atomic E-state index is 0.0555. The molecule has 3 heterocycles. The lowest BCUT2D eigenvalue weighted by Crippen LogP contribution is -2.56. The Balaban J connectivity index is 1.45. The second-order valence-corrected chi connectivity index (χ2v) is 12.6. The molecule has 2 aromatic carbocycles. The lowest BCUT2D eigenvalue weighted by atomic mass is 9.70. The van der Waals surface area contributed by atoms with Gasteiger partial charge in [-0.05, 0) is 49.8 Å². The molecular formula is C36H42ClN3O7. The number of anilines is 1. The van der Waals surface area contributed by atoms with E-state index >= 15 is 0 Å². The number of hydrogen-bond acceptors (Lipinski definition) is 7. The molecule has 3 saturated heterocycles. The van der Waals surface area contributed by atoms with Gasteiger partial charge >= 0.3 is 5.97 Å². The molecule has 0 unspecified atom stereocenters. The van der Waals surface area contributed by atoms with E-state index in [0.29, 0.717) is 42.8 Å². The monoisotopic (exact) mass is 663 g/mol. The number of para-hydroxylation sites is 1. The van der Waals surface area contributed by atoms with E-state index in [9.17, 15) is 24.3 Å². The minimum Gasteiger partial charge on any atom is -0.463 e. The fourth-order valence-corrected chi connectivity index (χ4v) is 7.50. The summed E-state index contributed by atoms with van der Waals surface area (Å²) in [5.41, 5.74) is 0.00406. The van der Waals surface area contributed by atoms with Crippen molar-refractivity contribution in [2.45, 2.75) is 62.3 Å². The SMILES string of the molecule is C=CCCC(=O)OC[C@@H](NC(=O)[C@@H]1[C@@H]2CC[C@]3(O2)[C@H](C(=O)N(CC=C)c2ccccc2Cl)N(CCCCO)C(=O)[C@@H]13)c1ccccc1. The largest absolute Gasteiger partial charge is 0.463 e. The normalized spacial score (nSPS) is 24.8. The third-order valence-corrected chi connectivity index (χ3v) is 9.67. The highest BCUT2D eigenvalue weighted by Gasteiger charge is 2.74. The number of halogens is 1. The average Bonchev–Trinajstić information content (AvgIpc) is 3.72. The molecule has 3 aliphatic rings. The number of esters is 1. The standard InChI is InChI=1S/C36H42ClN3O7/c1-3-5-17-29(42)46-23-26(24-13-7-6-8-14-24)38-33(43)30-28-18-19-36(47-28)31(30)34(44)40(21-11-12-22-41)32(36)35(45)39(20-4-2)27-16-10-9-15-25(27)37/h3-4,6-10,13-16,26,28,30-32,41H,1-2,5,11-12,17-23H2,(H,38,43)/t26-,28+,30-,31-,32+,36-/m1/s1. The lowest BCUT2D eigenvalue weighted by molar-refractivity contribution is -0.146. The lowest BCUT2D eigenvalue weighted by Gasteiger charge is -2.37. The second-order valence-electron chi connectivity index (χ2n) is 12.2. The summed E-state index contributed by atoms with van der Waals surface area (Å²) >= 11 is 6.54. The van der Waals surface area contributed by atoms with Crippen molar-refractivity contribution in [3.63, 3.8) is 0 Å². The molecule has 5 rings (SSSR count). The number of likely N-dealkylation sites (tertiary alicyclic amines) is 1. The first kappa shape index (κ1) is 34.3. The summed E-state index contributed by atoms with van der Waals surface area (Å²) < 4.78 is 12.1. The van der Waals surface area contributed by atoms with Crippen molar-refractivity contribution in [2.24, 2.45) is 11.8 Å². The quantitative estimate of drug-likeness (QED) is 0.155. The number of hydrogen-bond donors (Lipinski definition) is 2. The second kappa shape index (κ2) is 15.3. The van der Waals surface area contributed by atoms with Crippen LogP contribution in [0, 0.1) is 11.8 Å². The Morgan fingerprint density at radius 2 is 1.87 bits per heavy atom. The predicted octanol–water partition coefficient (Wildman–Crippen LogP) is 4.37. The van der Waals surface area contributed by atoms with Gasteiger partial charge in [-0.1, -0.05) is 66.2 Å². The number of aliphatic hydroxyl groups excluding tert-OH is 1. The number of nitrogens with zero attached hydrogens (tertiary/aromatic N) is 2. The summed E-state index contributed by atoms with van der Waals surface area (Å²) in [7, 11) is 0. The molecule has 10 nitrogen and oxygen atoms in total. The Bertz CT molecular complexity index is 1490. The molecule has 2 N–H and O–H groups in total. The Labute approximate surface area is 280 Å².